The lowest BCUT2D eigenvalue weighted by Gasteiger charge is -2.18. The minimum atomic E-state index is -0.774. The van der Waals surface area contributed by atoms with E-state index >= 15 is 0 Å². The van der Waals surface area contributed by atoms with Crippen molar-refractivity contribution in [2.45, 2.75) is 51.0 Å². The molecule has 1 nitrogen and oxygen atoms in total. The van der Waals surface area contributed by atoms with Gasteiger partial charge in [0.2, 0.25) is 0 Å². The number of allylic oxidation sites excluding steroid dienone is 1. The molecule has 1 aliphatic carbocycles. The number of hydrogen-bond acceptors (Lipinski definition) is 1. The number of rotatable bonds is 3. The van der Waals surface area contributed by atoms with Crippen molar-refractivity contribution in [2.75, 3.05) is 0 Å². The number of halogens is 2. The molecule has 1 N–H and O–H groups in total. The highest BCUT2D eigenvalue weighted by Crippen LogP contribution is 2.23. The summed E-state index contributed by atoms with van der Waals surface area (Å²) in [6, 6.07) is 3.81. The van der Waals surface area contributed by atoms with Gasteiger partial charge in [-0.2, -0.15) is 0 Å². The highest BCUT2D eigenvalue weighted by molar-refractivity contribution is 5.23. The van der Waals surface area contributed by atoms with Crippen LogP contribution in [0.1, 0.15) is 44.1 Å². The monoisotopic (exact) mass is 266 g/mol. The van der Waals surface area contributed by atoms with E-state index in [4.69, 9.17) is 0 Å². The molecule has 3 heteroatoms. The van der Waals surface area contributed by atoms with E-state index < -0.39 is 17.7 Å². The van der Waals surface area contributed by atoms with Gasteiger partial charge >= 0.3 is 0 Å². The highest BCUT2D eigenvalue weighted by Gasteiger charge is 2.17. The Kier molecular flexibility index (Phi) is 5.08. The Hall–Kier alpha value is -1.22. The third kappa shape index (κ3) is 3.87. The zero-order valence-electron chi connectivity index (χ0n) is 11.0. The van der Waals surface area contributed by atoms with Crippen LogP contribution in [-0.2, 0) is 6.42 Å². The predicted octanol–water partition coefficient (Wildman–Crippen LogP) is 4.15. The summed E-state index contributed by atoms with van der Waals surface area (Å²) in [6.45, 7) is 0. The summed E-state index contributed by atoms with van der Waals surface area (Å²) in [7, 11) is 0. The summed E-state index contributed by atoms with van der Waals surface area (Å²) in [5.41, 5.74) is 0.917. The van der Waals surface area contributed by atoms with Crippen molar-refractivity contribution in [3.05, 3.63) is 47.0 Å². The maximum absolute atomic E-state index is 13.6. The van der Waals surface area contributed by atoms with Gasteiger partial charge in [-0.25, -0.2) is 8.78 Å². The Morgan fingerprint density at radius 3 is 2.47 bits per heavy atom. The molecule has 0 aliphatic heterocycles. The molecule has 0 fully saturated rings. The minimum absolute atomic E-state index is 0.0158. The zero-order chi connectivity index (χ0) is 13.7. The zero-order valence-corrected chi connectivity index (χ0v) is 11.0. The fraction of sp³-hybridized carbons (Fsp3) is 0.500. The van der Waals surface area contributed by atoms with E-state index in [9.17, 15) is 13.9 Å². The smallest absolute Gasteiger partial charge is 0.129 e. The average Bonchev–Trinajstić information content (AvgIpc) is 2.33. The molecule has 0 saturated heterocycles. The molecule has 0 radical (unpaired) electrons. The van der Waals surface area contributed by atoms with Gasteiger partial charge in [-0.15, -0.1) is 0 Å². The summed E-state index contributed by atoms with van der Waals surface area (Å²) in [5.74, 6) is -1.16. The standard InChI is InChI=1S/C16H20F2O/c17-14-9-6-10-15(18)13(14)11-16(19)12-7-4-2-1-3-5-8-12/h6-7,9-10,16,19H,1-5,8,11H2/b12-7+. The fourth-order valence-corrected chi connectivity index (χ4v) is 2.57. The highest BCUT2D eigenvalue weighted by atomic mass is 19.1. The number of aliphatic hydroxyl groups is 1. The molecule has 1 unspecified atom stereocenters. The van der Waals surface area contributed by atoms with Crippen molar-refractivity contribution in [3.63, 3.8) is 0 Å². The van der Waals surface area contributed by atoms with E-state index in [0.717, 1.165) is 37.7 Å². The van der Waals surface area contributed by atoms with E-state index in [0.29, 0.717) is 0 Å². The van der Waals surface area contributed by atoms with E-state index in [2.05, 4.69) is 0 Å². The molecule has 0 spiro atoms. The van der Waals surface area contributed by atoms with Crippen molar-refractivity contribution in [3.8, 4) is 0 Å². The van der Waals surface area contributed by atoms with Crippen LogP contribution in [-0.4, -0.2) is 11.2 Å². The topological polar surface area (TPSA) is 20.2 Å². The second-order valence-corrected chi connectivity index (χ2v) is 5.15. The second kappa shape index (κ2) is 6.80. The average molecular weight is 266 g/mol. The maximum atomic E-state index is 13.6. The molecule has 19 heavy (non-hydrogen) atoms. The van der Waals surface area contributed by atoms with Gasteiger partial charge < -0.3 is 5.11 Å². The van der Waals surface area contributed by atoms with Gasteiger partial charge in [-0.05, 0) is 43.4 Å². The molecule has 0 saturated carbocycles. The number of aliphatic hydroxyl groups excluding tert-OH is 1. The first kappa shape index (κ1) is 14.2. The van der Waals surface area contributed by atoms with Gasteiger partial charge in [0.05, 0.1) is 6.10 Å². The molecule has 1 aromatic carbocycles. The van der Waals surface area contributed by atoms with Crippen molar-refractivity contribution >= 4 is 0 Å². The number of hydrogen-bond donors (Lipinski definition) is 1. The Labute approximate surface area is 113 Å². The normalized spacial score (nSPS) is 21.1. The van der Waals surface area contributed by atoms with Crippen molar-refractivity contribution in [2.24, 2.45) is 0 Å². The molecule has 0 bridgehead atoms. The van der Waals surface area contributed by atoms with Crippen LogP contribution in [0, 0.1) is 11.6 Å². The van der Waals surface area contributed by atoms with Gasteiger partial charge in [0.1, 0.15) is 11.6 Å². The van der Waals surface area contributed by atoms with E-state index in [1.54, 1.807) is 0 Å². The quantitative estimate of drug-likeness (QED) is 0.815. The molecule has 1 aliphatic rings. The van der Waals surface area contributed by atoms with E-state index in [1.165, 1.54) is 24.6 Å². The SMILES string of the molecule is OC(Cc1c(F)cccc1F)/C1=C/CCCCCC1. The van der Waals surface area contributed by atoms with Crippen LogP contribution in [0.25, 0.3) is 0 Å². The fourth-order valence-electron chi connectivity index (χ4n) is 2.57. The Bertz CT molecular complexity index is 434. The van der Waals surface area contributed by atoms with Gasteiger partial charge in [-0.3, -0.25) is 0 Å². The third-order valence-corrected chi connectivity index (χ3v) is 3.71. The van der Waals surface area contributed by atoms with Crippen molar-refractivity contribution in [1.82, 2.24) is 0 Å². The Morgan fingerprint density at radius 1 is 1.05 bits per heavy atom. The molecule has 0 amide bonds. The lowest BCUT2D eigenvalue weighted by Crippen LogP contribution is -2.16. The molecular weight excluding hydrogens is 246 g/mol. The van der Waals surface area contributed by atoms with Crippen LogP contribution in [0.3, 0.4) is 0 Å². The first-order valence-electron chi connectivity index (χ1n) is 6.98. The summed E-state index contributed by atoms with van der Waals surface area (Å²) in [6.07, 6.45) is 7.63. The summed E-state index contributed by atoms with van der Waals surface area (Å²) >= 11 is 0. The van der Waals surface area contributed by atoms with Crippen LogP contribution in [0.15, 0.2) is 29.8 Å². The minimum Gasteiger partial charge on any atom is -0.388 e. The van der Waals surface area contributed by atoms with Crippen LogP contribution in [0.2, 0.25) is 0 Å². The first-order chi connectivity index (χ1) is 9.18. The van der Waals surface area contributed by atoms with E-state index in [1.807, 2.05) is 6.08 Å². The summed E-state index contributed by atoms with van der Waals surface area (Å²) < 4.78 is 27.1. The van der Waals surface area contributed by atoms with Gasteiger partial charge in [0.25, 0.3) is 0 Å². The molecule has 0 aromatic heterocycles. The molecular formula is C16H20F2O. The number of benzene rings is 1. The molecule has 104 valence electrons. The van der Waals surface area contributed by atoms with Gasteiger partial charge in [-0.1, -0.05) is 25.0 Å². The second-order valence-electron chi connectivity index (χ2n) is 5.15. The van der Waals surface area contributed by atoms with Crippen LogP contribution >= 0.6 is 0 Å². The van der Waals surface area contributed by atoms with Crippen molar-refractivity contribution in [1.29, 1.82) is 0 Å². The summed E-state index contributed by atoms with van der Waals surface area (Å²) in [5, 5.41) is 10.2. The summed E-state index contributed by atoms with van der Waals surface area (Å²) in [4.78, 5) is 0. The van der Waals surface area contributed by atoms with Crippen LogP contribution in [0.4, 0.5) is 8.78 Å². The Balaban J connectivity index is 2.09. The third-order valence-electron chi connectivity index (χ3n) is 3.71. The first-order valence-corrected chi connectivity index (χ1v) is 6.98. The maximum Gasteiger partial charge on any atom is 0.129 e. The van der Waals surface area contributed by atoms with Gasteiger partial charge in [0, 0.05) is 12.0 Å². The molecule has 1 atom stereocenters. The molecule has 1 aromatic rings. The molecule has 2 rings (SSSR count). The van der Waals surface area contributed by atoms with Gasteiger partial charge in [0.15, 0.2) is 0 Å². The van der Waals surface area contributed by atoms with E-state index in [-0.39, 0.29) is 12.0 Å². The lowest BCUT2D eigenvalue weighted by molar-refractivity contribution is 0.202. The predicted molar refractivity (Wildman–Crippen MR) is 71.9 cm³/mol. The van der Waals surface area contributed by atoms with Crippen LogP contribution in [0.5, 0.6) is 0 Å². The van der Waals surface area contributed by atoms with Crippen molar-refractivity contribution < 1.29 is 13.9 Å². The largest absolute Gasteiger partial charge is 0.388 e. The van der Waals surface area contributed by atoms with Crippen LogP contribution < -0.4 is 0 Å². The Morgan fingerprint density at radius 2 is 1.74 bits per heavy atom. The lowest BCUT2D eigenvalue weighted by atomic mass is 9.93. The molecule has 0 heterocycles.